The van der Waals surface area contributed by atoms with Crippen LogP contribution in [0.1, 0.15) is 70.1 Å². The van der Waals surface area contributed by atoms with Crippen LogP contribution in [-0.4, -0.2) is 45.2 Å². The molecular formula is C26H31BrF6N4O2. The molecule has 39 heavy (non-hydrogen) atoms. The summed E-state index contributed by atoms with van der Waals surface area (Å²) in [6, 6.07) is 0.682. The molecule has 0 radical (unpaired) electrons. The quantitative estimate of drug-likeness (QED) is 0.294. The number of aromatic nitrogens is 2. The lowest BCUT2D eigenvalue weighted by Crippen LogP contribution is -2.57. The van der Waals surface area contributed by atoms with Crippen molar-refractivity contribution >= 4 is 28.0 Å². The van der Waals surface area contributed by atoms with Gasteiger partial charge in [0.15, 0.2) is 0 Å². The Hall–Kier alpha value is -2.57. The van der Waals surface area contributed by atoms with Gasteiger partial charge in [-0.25, -0.2) is 14.8 Å². The number of piperidine rings is 1. The Balaban J connectivity index is 2.05. The second-order valence-electron chi connectivity index (χ2n) is 9.83. The van der Waals surface area contributed by atoms with E-state index in [-0.39, 0.29) is 48.4 Å². The van der Waals surface area contributed by atoms with E-state index in [0.29, 0.717) is 30.2 Å². The third-order valence-electron chi connectivity index (χ3n) is 6.67. The number of amides is 1. The number of carbonyl (C=O) groups excluding carboxylic acids is 1. The predicted molar refractivity (Wildman–Crippen MR) is 137 cm³/mol. The number of alkyl halides is 6. The predicted octanol–water partition coefficient (Wildman–Crippen LogP) is 7.85. The summed E-state index contributed by atoms with van der Waals surface area (Å²) in [7, 11) is 0. The van der Waals surface area contributed by atoms with Crippen LogP contribution in [0.15, 0.2) is 35.1 Å². The van der Waals surface area contributed by atoms with Crippen LogP contribution in [0.5, 0.6) is 0 Å². The smallest absolute Gasteiger partial charge is 0.416 e. The largest absolute Gasteiger partial charge is 0.447 e. The fourth-order valence-corrected chi connectivity index (χ4v) is 5.12. The molecule has 1 saturated heterocycles. The van der Waals surface area contributed by atoms with Crippen LogP contribution in [0.2, 0.25) is 0 Å². The van der Waals surface area contributed by atoms with Crippen LogP contribution >= 0.6 is 15.9 Å². The summed E-state index contributed by atoms with van der Waals surface area (Å²) in [6.45, 7) is 7.05. The highest BCUT2D eigenvalue weighted by Gasteiger charge is 2.41. The van der Waals surface area contributed by atoms with Gasteiger partial charge in [0.1, 0.15) is 0 Å². The minimum Gasteiger partial charge on any atom is -0.447 e. The van der Waals surface area contributed by atoms with Crippen molar-refractivity contribution < 1.29 is 35.9 Å². The first-order chi connectivity index (χ1) is 18.1. The van der Waals surface area contributed by atoms with E-state index in [1.807, 2.05) is 13.8 Å². The second-order valence-corrected chi connectivity index (χ2v) is 10.7. The van der Waals surface area contributed by atoms with Gasteiger partial charge in [-0.05, 0) is 79.2 Å². The van der Waals surface area contributed by atoms with Gasteiger partial charge in [0, 0.05) is 37.1 Å². The van der Waals surface area contributed by atoms with Gasteiger partial charge in [-0.3, -0.25) is 0 Å². The number of likely N-dealkylation sites (tertiary alicyclic amines) is 1. The van der Waals surface area contributed by atoms with E-state index in [1.165, 1.54) is 12.4 Å². The van der Waals surface area contributed by atoms with Gasteiger partial charge in [0.25, 0.3) is 0 Å². The van der Waals surface area contributed by atoms with Crippen molar-refractivity contribution in [1.82, 2.24) is 14.9 Å². The Morgan fingerprint density at radius 2 is 1.49 bits per heavy atom. The van der Waals surface area contributed by atoms with Gasteiger partial charge < -0.3 is 14.5 Å². The molecule has 3 atom stereocenters. The van der Waals surface area contributed by atoms with Gasteiger partial charge in [0.2, 0.25) is 5.95 Å². The number of hydrogen-bond acceptors (Lipinski definition) is 5. The van der Waals surface area contributed by atoms with E-state index in [1.54, 1.807) is 23.6 Å². The van der Waals surface area contributed by atoms with Crippen LogP contribution < -0.4 is 4.90 Å². The maximum atomic E-state index is 13.5. The molecule has 13 heteroatoms. The first-order valence-corrected chi connectivity index (χ1v) is 13.4. The minimum atomic E-state index is -4.96. The van der Waals surface area contributed by atoms with Crippen molar-refractivity contribution in [1.29, 1.82) is 0 Å². The van der Waals surface area contributed by atoms with Crippen LogP contribution in [0.25, 0.3) is 0 Å². The highest BCUT2D eigenvalue weighted by atomic mass is 79.9. The molecule has 0 unspecified atom stereocenters. The molecule has 1 aromatic carbocycles. The molecule has 0 aliphatic carbocycles. The topological polar surface area (TPSA) is 58.6 Å². The standard InChI is InChI=1S/C26H31BrF6N4O2/c1-5-20-10-22(11-21(6-2)37(20)24(38)39-15(3)4)36(23-34-12-19(27)13-35-23)14-16-7-17(25(28,29)30)9-18(8-16)26(31,32)33/h7-9,12-13,15,20-22H,5-6,10-11,14H2,1-4H3/t20-,21+,22+. The number of rotatable bonds is 7. The summed E-state index contributed by atoms with van der Waals surface area (Å²) >= 11 is 3.25. The maximum absolute atomic E-state index is 13.5. The molecule has 2 aromatic rings. The molecule has 0 bridgehead atoms. The minimum absolute atomic E-state index is 0.114. The van der Waals surface area contributed by atoms with Crippen molar-refractivity contribution in [3.05, 3.63) is 51.8 Å². The van der Waals surface area contributed by atoms with Crippen LogP contribution in [0, 0.1) is 0 Å². The molecule has 0 saturated carbocycles. The Bertz CT molecular complexity index is 1080. The Labute approximate surface area is 231 Å². The maximum Gasteiger partial charge on any atom is 0.416 e. The number of halogens is 7. The van der Waals surface area contributed by atoms with E-state index in [9.17, 15) is 31.1 Å². The number of carbonyl (C=O) groups is 1. The molecule has 216 valence electrons. The van der Waals surface area contributed by atoms with E-state index in [0.717, 1.165) is 12.1 Å². The van der Waals surface area contributed by atoms with Gasteiger partial charge in [0.05, 0.1) is 21.7 Å². The fraction of sp³-hybridized carbons (Fsp3) is 0.577. The highest BCUT2D eigenvalue weighted by molar-refractivity contribution is 9.10. The van der Waals surface area contributed by atoms with Crippen molar-refractivity contribution in [2.45, 2.75) is 96.5 Å². The van der Waals surface area contributed by atoms with Crippen molar-refractivity contribution in [2.75, 3.05) is 4.90 Å². The normalized spacial score (nSPS) is 20.3. The molecule has 0 spiro atoms. The summed E-state index contributed by atoms with van der Waals surface area (Å²) in [5.41, 5.74) is -2.94. The molecule has 2 heterocycles. The number of benzene rings is 1. The van der Waals surface area contributed by atoms with Crippen LogP contribution in [-0.2, 0) is 23.6 Å². The Kier molecular flexibility index (Phi) is 9.77. The SMILES string of the molecule is CC[C@@H]1C[C@H](N(Cc2cc(C(F)(F)F)cc(C(F)(F)F)c2)c2ncc(Br)cn2)C[C@H](CC)N1C(=O)OC(C)C. The van der Waals surface area contributed by atoms with Gasteiger partial charge in [-0.2, -0.15) is 26.3 Å². The van der Waals surface area contributed by atoms with E-state index in [4.69, 9.17) is 4.74 Å². The van der Waals surface area contributed by atoms with Gasteiger partial charge in [-0.15, -0.1) is 0 Å². The molecular weight excluding hydrogens is 594 g/mol. The first kappa shape index (κ1) is 31.0. The number of nitrogens with zero attached hydrogens (tertiary/aromatic N) is 4. The van der Waals surface area contributed by atoms with Crippen LogP contribution in [0.3, 0.4) is 0 Å². The lowest BCUT2D eigenvalue weighted by molar-refractivity contribution is -0.143. The molecule has 6 nitrogen and oxygen atoms in total. The highest BCUT2D eigenvalue weighted by Crippen LogP contribution is 2.38. The lowest BCUT2D eigenvalue weighted by Gasteiger charge is -2.47. The average Bonchev–Trinajstić information content (AvgIpc) is 2.85. The molecule has 0 N–H and O–H groups in total. The van der Waals surface area contributed by atoms with E-state index >= 15 is 0 Å². The fourth-order valence-electron chi connectivity index (χ4n) is 4.92. The van der Waals surface area contributed by atoms with Crippen molar-refractivity contribution in [3.8, 4) is 0 Å². The van der Waals surface area contributed by atoms with E-state index in [2.05, 4.69) is 25.9 Å². The van der Waals surface area contributed by atoms with E-state index < -0.39 is 29.6 Å². The lowest BCUT2D eigenvalue weighted by atomic mass is 9.87. The monoisotopic (exact) mass is 624 g/mol. The number of ether oxygens (including phenoxy) is 1. The summed E-state index contributed by atoms with van der Waals surface area (Å²) in [5.74, 6) is 0.164. The third kappa shape index (κ3) is 7.76. The summed E-state index contributed by atoms with van der Waals surface area (Å²) in [5, 5.41) is 0. The zero-order valence-electron chi connectivity index (χ0n) is 22.0. The Morgan fingerprint density at radius 3 is 1.90 bits per heavy atom. The Morgan fingerprint density at radius 1 is 1.00 bits per heavy atom. The summed E-state index contributed by atoms with van der Waals surface area (Å²) in [4.78, 5) is 24.9. The van der Waals surface area contributed by atoms with Gasteiger partial charge in [-0.1, -0.05) is 13.8 Å². The zero-order chi connectivity index (χ0) is 29.1. The second kappa shape index (κ2) is 12.3. The molecule has 1 aliphatic heterocycles. The van der Waals surface area contributed by atoms with Gasteiger partial charge >= 0.3 is 18.4 Å². The first-order valence-electron chi connectivity index (χ1n) is 12.6. The zero-order valence-corrected chi connectivity index (χ0v) is 23.6. The average molecular weight is 625 g/mol. The molecule has 1 aliphatic rings. The summed E-state index contributed by atoms with van der Waals surface area (Å²) < 4.78 is 87.3. The number of anilines is 1. The third-order valence-corrected chi connectivity index (χ3v) is 7.08. The molecule has 3 rings (SSSR count). The van der Waals surface area contributed by atoms with Crippen molar-refractivity contribution in [3.63, 3.8) is 0 Å². The summed E-state index contributed by atoms with van der Waals surface area (Å²) in [6.07, 6.45) is -5.78. The molecule has 1 amide bonds. The number of hydrogen-bond donors (Lipinski definition) is 0. The molecule has 1 fully saturated rings. The van der Waals surface area contributed by atoms with Crippen molar-refractivity contribution in [2.24, 2.45) is 0 Å². The molecule has 1 aromatic heterocycles. The van der Waals surface area contributed by atoms with Crippen LogP contribution in [0.4, 0.5) is 37.1 Å².